The topological polar surface area (TPSA) is 83.6 Å². The number of hydrogen-bond donors (Lipinski definition) is 2. The van der Waals surface area contributed by atoms with E-state index in [9.17, 15) is 4.79 Å². The van der Waals surface area contributed by atoms with Crippen molar-refractivity contribution in [1.82, 2.24) is 25.9 Å². The lowest BCUT2D eigenvalue weighted by atomic mass is 9.97. The Hall–Kier alpha value is -2.24. The quantitative estimate of drug-likeness (QED) is 0.909. The first-order chi connectivity index (χ1) is 10.8. The molecule has 0 radical (unpaired) electrons. The van der Waals surface area contributed by atoms with Crippen molar-refractivity contribution in [2.24, 2.45) is 11.8 Å². The summed E-state index contributed by atoms with van der Waals surface area (Å²) in [6.07, 6.45) is 6.24. The number of hydrogen-bond acceptors (Lipinski definition) is 4. The third-order valence-electron chi connectivity index (χ3n) is 5.16. The summed E-state index contributed by atoms with van der Waals surface area (Å²) in [5.41, 5.74) is 1.33. The summed E-state index contributed by atoms with van der Waals surface area (Å²) >= 11 is 0. The summed E-state index contributed by atoms with van der Waals surface area (Å²) in [4.78, 5) is 12.7. The predicted molar refractivity (Wildman–Crippen MR) is 80.9 cm³/mol. The summed E-state index contributed by atoms with van der Waals surface area (Å²) in [6.45, 7) is 0. The average molecular weight is 297 g/mol. The molecule has 0 aliphatic heterocycles. The Morgan fingerprint density at radius 2 is 2.09 bits per heavy atom. The fourth-order valence-corrected chi connectivity index (χ4v) is 4.14. The highest BCUT2D eigenvalue weighted by Crippen LogP contribution is 2.44. The first-order valence-corrected chi connectivity index (χ1v) is 7.96. The highest BCUT2D eigenvalue weighted by molar-refractivity contribution is 6.00. The molecule has 2 saturated carbocycles. The van der Waals surface area contributed by atoms with Gasteiger partial charge in [-0.25, -0.2) is 0 Å². The van der Waals surface area contributed by atoms with Crippen LogP contribution in [0.5, 0.6) is 0 Å². The van der Waals surface area contributed by atoms with E-state index in [2.05, 4.69) is 25.9 Å². The van der Waals surface area contributed by atoms with Gasteiger partial charge in [-0.15, -0.1) is 10.2 Å². The lowest BCUT2D eigenvalue weighted by molar-refractivity contribution is 0.0927. The molecule has 2 aliphatic rings. The van der Waals surface area contributed by atoms with Gasteiger partial charge < -0.3 is 5.32 Å². The first kappa shape index (κ1) is 13.4. The molecule has 1 heterocycles. The largest absolute Gasteiger partial charge is 0.349 e. The molecule has 0 bridgehead atoms. The van der Waals surface area contributed by atoms with Crippen molar-refractivity contribution in [2.45, 2.75) is 38.1 Å². The minimum Gasteiger partial charge on any atom is -0.349 e. The van der Waals surface area contributed by atoms with Crippen LogP contribution in [0.2, 0.25) is 0 Å². The summed E-state index contributed by atoms with van der Waals surface area (Å²) in [7, 11) is 0. The molecule has 114 valence electrons. The van der Waals surface area contributed by atoms with E-state index in [0.717, 1.165) is 17.9 Å². The van der Waals surface area contributed by atoms with Gasteiger partial charge in [-0.3, -0.25) is 4.79 Å². The number of carbonyl (C=O) groups is 1. The average Bonchev–Trinajstić information content (AvgIpc) is 3.26. The maximum atomic E-state index is 12.7. The Bertz CT molecular complexity index is 669. The van der Waals surface area contributed by atoms with Crippen molar-refractivity contribution < 1.29 is 4.79 Å². The molecule has 0 spiro atoms. The fraction of sp³-hybridized carbons (Fsp3) is 0.500. The fourth-order valence-electron chi connectivity index (χ4n) is 4.14. The zero-order valence-electron chi connectivity index (χ0n) is 12.3. The number of rotatable bonds is 3. The normalized spacial score (nSPS) is 26.8. The Labute approximate surface area is 128 Å². The van der Waals surface area contributed by atoms with Gasteiger partial charge in [0.2, 0.25) is 5.82 Å². The third-order valence-corrected chi connectivity index (χ3v) is 5.16. The number of nitrogens with zero attached hydrogens (tertiary/aromatic N) is 3. The van der Waals surface area contributed by atoms with Gasteiger partial charge in [0.15, 0.2) is 0 Å². The second-order valence-corrected chi connectivity index (χ2v) is 6.29. The van der Waals surface area contributed by atoms with Crippen LogP contribution in [0.4, 0.5) is 0 Å². The Morgan fingerprint density at radius 1 is 1.18 bits per heavy atom. The molecular formula is C16H19N5O. The minimum absolute atomic E-state index is 0.0297. The molecule has 0 saturated heterocycles. The highest BCUT2D eigenvalue weighted by Gasteiger charge is 2.39. The van der Waals surface area contributed by atoms with Gasteiger partial charge >= 0.3 is 0 Å². The molecule has 2 fully saturated rings. The summed E-state index contributed by atoms with van der Waals surface area (Å²) in [6, 6.07) is 7.74. The SMILES string of the molecule is O=C(N[C@H]1CC[C@@H]2CCC[C@@H]21)c1ccccc1-c1nn[nH]n1. The van der Waals surface area contributed by atoms with Crippen LogP contribution in [0.15, 0.2) is 24.3 Å². The second-order valence-electron chi connectivity index (χ2n) is 6.29. The molecule has 6 heteroatoms. The van der Waals surface area contributed by atoms with E-state index in [-0.39, 0.29) is 5.91 Å². The Balaban J connectivity index is 1.56. The van der Waals surface area contributed by atoms with E-state index >= 15 is 0 Å². The number of tetrazole rings is 1. The first-order valence-electron chi connectivity index (χ1n) is 7.96. The molecule has 2 N–H and O–H groups in total. The number of amides is 1. The van der Waals surface area contributed by atoms with E-state index in [1.807, 2.05) is 24.3 Å². The van der Waals surface area contributed by atoms with E-state index in [4.69, 9.17) is 0 Å². The molecule has 6 nitrogen and oxygen atoms in total. The summed E-state index contributed by atoms with van der Waals surface area (Å²) < 4.78 is 0. The van der Waals surface area contributed by atoms with Gasteiger partial charge in [-0.05, 0) is 42.4 Å². The zero-order chi connectivity index (χ0) is 14.9. The highest BCUT2D eigenvalue weighted by atomic mass is 16.1. The van der Waals surface area contributed by atoms with E-state index in [0.29, 0.717) is 23.3 Å². The maximum absolute atomic E-state index is 12.7. The van der Waals surface area contributed by atoms with Gasteiger partial charge in [-0.1, -0.05) is 31.0 Å². The van der Waals surface area contributed by atoms with Crippen LogP contribution in [0.3, 0.4) is 0 Å². The zero-order valence-corrected chi connectivity index (χ0v) is 12.3. The number of nitrogens with one attached hydrogen (secondary N) is 2. The summed E-state index contributed by atoms with van der Waals surface area (Å²) in [5.74, 6) is 1.91. The lowest BCUT2D eigenvalue weighted by Gasteiger charge is -2.20. The van der Waals surface area contributed by atoms with Gasteiger partial charge in [0.25, 0.3) is 5.91 Å². The Kier molecular flexibility index (Phi) is 3.36. The van der Waals surface area contributed by atoms with Crippen LogP contribution in [0.25, 0.3) is 11.4 Å². The van der Waals surface area contributed by atoms with Crippen molar-refractivity contribution >= 4 is 5.91 Å². The van der Waals surface area contributed by atoms with Crippen LogP contribution in [-0.2, 0) is 0 Å². The molecule has 1 amide bonds. The van der Waals surface area contributed by atoms with Gasteiger partial charge in [0, 0.05) is 11.6 Å². The monoisotopic (exact) mass is 297 g/mol. The predicted octanol–water partition coefficient (Wildman–Crippen LogP) is 2.18. The van der Waals surface area contributed by atoms with Crippen molar-refractivity contribution in [3.05, 3.63) is 29.8 Å². The minimum atomic E-state index is -0.0297. The number of fused-ring (bicyclic) bond motifs is 1. The van der Waals surface area contributed by atoms with Crippen LogP contribution in [0.1, 0.15) is 42.5 Å². The molecule has 22 heavy (non-hydrogen) atoms. The lowest BCUT2D eigenvalue weighted by Crippen LogP contribution is -2.37. The molecule has 3 atom stereocenters. The van der Waals surface area contributed by atoms with E-state index in [1.54, 1.807) is 0 Å². The molecule has 2 aromatic rings. The van der Waals surface area contributed by atoms with Crippen molar-refractivity contribution in [1.29, 1.82) is 0 Å². The second kappa shape index (κ2) is 5.51. The summed E-state index contributed by atoms with van der Waals surface area (Å²) in [5, 5.41) is 17.2. The third kappa shape index (κ3) is 2.28. The molecule has 4 rings (SSSR count). The van der Waals surface area contributed by atoms with Crippen molar-refractivity contribution in [2.75, 3.05) is 0 Å². The van der Waals surface area contributed by atoms with Gasteiger partial charge in [0.05, 0.1) is 5.56 Å². The number of aromatic nitrogens is 4. The number of aromatic amines is 1. The standard InChI is InChI=1S/C16H19N5O/c22-16(17-14-9-8-10-4-3-7-11(10)14)13-6-2-1-5-12(13)15-18-20-21-19-15/h1-2,5-6,10-11,14H,3-4,7-9H2,(H,17,22)(H,18,19,20,21)/t10-,11-,14-/m0/s1. The number of carbonyl (C=O) groups excluding carboxylic acids is 1. The number of benzene rings is 1. The Morgan fingerprint density at radius 3 is 2.95 bits per heavy atom. The van der Waals surface area contributed by atoms with Crippen molar-refractivity contribution in [3.63, 3.8) is 0 Å². The molecule has 1 aromatic carbocycles. The van der Waals surface area contributed by atoms with Crippen LogP contribution in [-0.4, -0.2) is 32.6 Å². The van der Waals surface area contributed by atoms with E-state index < -0.39 is 0 Å². The van der Waals surface area contributed by atoms with Crippen LogP contribution < -0.4 is 5.32 Å². The van der Waals surface area contributed by atoms with E-state index in [1.165, 1.54) is 25.7 Å². The van der Waals surface area contributed by atoms with Crippen molar-refractivity contribution in [3.8, 4) is 11.4 Å². The van der Waals surface area contributed by atoms with Gasteiger partial charge in [-0.2, -0.15) is 5.21 Å². The smallest absolute Gasteiger partial charge is 0.252 e. The van der Waals surface area contributed by atoms with Crippen LogP contribution in [0, 0.1) is 11.8 Å². The van der Waals surface area contributed by atoms with Crippen LogP contribution >= 0.6 is 0 Å². The maximum Gasteiger partial charge on any atom is 0.252 e. The number of H-pyrrole nitrogens is 1. The molecule has 0 unspecified atom stereocenters. The molecule has 2 aliphatic carbocycles. The van der Waals surface area contributed by atoms with Gasteiger partial charge in [0.1, 0.15) is 0 Å². The molecule has 1 aromatic heterocycles. The molecular weight excluding hydrogens is 278 g/mol.